The minimum absolute atomic E-state index is 0.168. The first-order valence-corrected chi connectivity index (χ1v) is 12.7. The van der Waals surface area contributed by atoms with E-state index in [1.165, 1.54) is 4.31 Å². The summed E-state index contributed by atoms with van der Waals surface area (Å²) in [5.74, 6) is 0.176. The second-order valence-electron chi connectivity index (χ2n) is 7.52. The average molecular weight is 507 g/mol. The van der Waals surface area contributed by atoms with Gasteiger partial charge in [0.1, 0.15) is 5.75 Å². The van der Waals surface area contributed by atoms with Gasteiger partial charge in [-0.25, -0.2) is 8.42 Å². The number of carbonyl (C=O) groups is 1. The van der Waals surface area contributed by atoms with Crippen LogP contribution in [0.25, 0.3) is 0 Å². The zero-order valence-electron chi connectivity index (χ0n) is 18.2. The summed E-state index contributed by atoms with van der Waals surface area (Å²) in [7, 11) is -3.52. The molecule has 1 N–H and O–H groups in total. The van der Waals surface area contributed by atoms with E-state index in [9.17, 15) is 13.2 Å². The third-order valence-corrected chi connectivity index (χ3v) is 6.53. The summed E-state index contributed by atoms with van der Waals surface area (Å²) in [6.45, 7) is 1.87. The number of ether oxygens (including phenoxy) is 1. The average Bonchev–Trinajstić information content (AvgIpc) is 2.77. The fourth-order valence-electron chi connectivity index (χ4n) is 3.13. The highest BCUT2D eigenvalue weighted by molar-refractivity contribution is 7.92. The number of hydrogen-bond acceptors (Lipinski definition) is 4. The Balaban J connectivity index is 1.60. The quantitative estimate of drug-likeness (QED) is 0.431. The maximum Gasteiger partial charge on any atom is 0.258 e. The highest BCUT2D eigenvalue weighted by Crippen LogP contribution is 2.24. The molecular weight excluding hydrogens is 483 g/mol. The second kappa shape index (κ2) is 10.9. The van der Waals surface area contributed by atoms with Crippen molar-refractivity contribution in [3.05, 3.63) is 94.0 Å². The van der Waals surface area contributed by atoms with Gasteiger partial charge in [0.2, 0.25) is 10.0 Å². The van der Waals surface area contributed by atoms with Gasteiger partial charge < -0.3 is 10.1 Å². The van der Waals surface area contributed by atoms with Crippen molar-refractivity contribution in [1.29, 1.82) is 0 Å². The van der Waals surface area contributed by atoms with Crippen LogP contribution in [-0.2, 0) is 21.4 Å². The predicted octanol–water partition coefficient (Wildman–Crippen LogP) is 5.22. The summed E-state index contributed by atoms with van der Waals surface area (Å²) in [4.78, 5) is 12.2. The van der Waals surface area contributed by atoms with Crippen molar-refractivity contribution in [2.75, 3.05) is 17.2 Å². The van der Waals surface area contributed by atoms with Gasteiger partial charge in [-0.3, -0.25) is 9.10 Å². The van der Waals surface area contributed by atoms with Gasteiger partial charge in [0.05, 0.1) is 24.5 Å². The first-order valence-electron chi connectivity index (χ1n) is 10.1. The lowest BCUT2D eigenvalue weighted by atomic mass is 10.1. The van der Waals surface area contributed by atoms with E-state index in [1.807, 2.05) is 19.1 Å². The molecule has 0 aliphatic rings. The Hall–Kier alpha value is -2.74. The zero-order chi connectivity index (χ0) is 24.0. The first-order chi connectivity index (χ1) is 15.6. The number of carbonyl (C=O) groups excluding carboxylic acids is 1. The van der Waals surface area contributed by atoms with Crippen molar-refractivity contribution in [3.8, 4) is 5.75 Å². The molecule has 0 fully saturated rings. The molecule has 174 valence electrons. The van der Waals surface area contributed by atoms with Gasteiger partial charge >= 0.3 is 0 Å². The van der Waals surface area contributed by atoms with Gasteiger partial charge in [-0.05, 0) is 66.6 Å². The summed E-state index contributed by atoms with van der Waals surface area (Å²) in [5.41, 5.74) is 2.22. The Morgan fingerprint density at radius 2 is 1.48 bits per heavy atom. The van der Waals surface area contributed by atoms with Crippen LogP contribution >= 0.6 is 23.2 Å². The fourth-order valence-corrected chi connectivity index (χ4v) is 4.27. The summed E-state index contributed by atoms with van der Waals surface area (Å²) in [5, 5.41) is 4.08. The Kier molecular flexibility index (Phi) is 8.24. The molecule has 33 heavy (non-hydrogen) atoms. The Morgan fingerprint density at radius 3 is 2.03 bits per heavy atom. The predicted molar refractivity (Wildman–Crippen MR) is 132 cm³/mol. The van der Waals surface area contributed by atoms with Crippen molar-refractivity contribution < 1.29 is 17.9 Å². The van der Waals surface area contributed by atoms with Crippen LogP contribution in [0.3, 0.4) is 0 Å². The van der Waals surface area contributed by atoms with Gasteiger partial charge in [0, 0.05) is 10.0 Å². The van der Waals surface area contributed by atoms with E-state index in [4.69, 9.17) is 27.9 Å². The van der Waals surface area contributed by atoms with Crippen LogP contribution in [0.4, 0.5) is 5.69 Å². The highest BCUT2D eigenvalue weighted by atomic mass is 35.5. The molecular formula is C24H24Cl2N2O4S. The third kappa shape index (κ3) is 7.39. The summed E-state index contributed by atoms with van der Waals surface area (Å²) in [6.07, 6.45) is 1.15. The molecule has 0 aliphatic heterocycles. The minimum Gasteiger partial charge on any atom is -0.484 e. The number of sulfonamides is 1. The van der Waals surface area contributed by atoms with Crippen LogP contribution < -0.4 is 14.4 Å². The third-order valence-electron chi connectivity index (χ3n) is 4.88. The summed E-state index contributed by atoms with van der Waals surface area (Å²) < 4.78 is 31.6. The number of anilines is 1. The van der Waals surface area contributed by atoms with E-state index in [0.29, 0.717) is 21.5 Å². The summed E-state index contributed by atoms with van der Waals surface area (Å²) >= 11 is 11.8. The van der Waals surface area contributed by atoms with E-state index in [0.717, 1.165) is 17.4 Å². The molecule has 3 aromatic rings. The van der Waals surface area contributed by atoms with Crippen LogP contribution in [0.1, 0.15) is 24.1 Å². The molecule has 9 heteroatoms. The van der Waals surface area contributed by atoms with Gasteiger partial charge in [-0.15, -0.1) is 0 Å². The van der Waals surface area contributed by atoms with Crippen molar-refractivity contribution in [3.63, 3.8) is 0 Å². The van der Waals surface area contributed by atoms with Crippen LogP contribution in [0.5, 0.6) is 5.75 Å². The maximum absolute atomic E-state index is 12.3. The van der Waals surface area contributed by atoms with E-state index < -0.39 is 10.0 Å². The molecule has 0 spiro atoms. The SMILES string of the molecule is CC(NC(=O)COc1ccc(N(Cc2ccc(Cl)cc2)S(C)(=O)=O)cc1)c1ccc(Cl)cc1. The lowest BCUT2D eigenvalue weighted by Crippen LogP contribution is -2.31. The van der Waals surface area contributed by atoms with Crippen LogP contribution in [0, 0.1) is 0 Å². The van der Waals surface area contributed by atoms with Crippen molar-refractivity contribution in [1.82, 2.24) is 5.32 Å². The smallest absolute Gasteiger partial charge is 0.258 e. The zero-order valence-corrected chi connectivity index (χ0v) is 20.5. The Labute approximate surface area is 204 Å². The van der Waals surface area contributed by atoms with Gasteiger partial charge in [0.25, 0.3) is 5.91 Å². The lowest BCUT2D eigenvalue weighted by molar-refractivity contribution is -0.123. The van der Waals surface area contributed by atoms with Crippen molar-refractivity contribution in [2.24, 2.45) is 0 Å². The number of nitrogens with one attached hydrogen (secondary N) is 1. The second-order valence-corrected chi connectivity index (χ2v) is 10.3. The fraction of sp³-hybridized carbons (Fsp3) is 0.208. The molecule has 1 amide bonds. The number of amides is 1. The monoisotopic (exact) mass is 506 g/mol. The van der Waals surface area contributed by atoms with E-state index in [2.05, 4.69) is 5.32 Å². The van der Waals surface area contributed by atoms with Crippen LogP contribution in [0.15, 0.2) is 72.8 Å². The van der Waals surface area contributed by atoms with Gasteiger partial charge in [-0.1, -0.05) is 47.5 Å². The van der Waals surface area contributed by atoms with E-state index in [-0.39, 0.29) is 25.1 Å². The molecule has 0 aromatic heterocycles. The number of nitrogens with zero attached hydrogens (tertiary/aromatic N) is 1. The van der Waals surface area contributed by atoms with Crippen molar-refractivity contribution >= 4 is 44.8 Å². The van der Waals surface area contributed by atoms with Gasteiger partial charge in [0.15, 0.2) is 6.61 Å². The molecule has 1 unspecified atom stereocenters. The Morgan fingerprint density at radius 1 is 0.939 bits per heavy atom. The molecule has 6 nitrogen and oxygen atoms in total. The molecule has 0 bridgehead atoms. The van der Waals surface area contributed by atoms with E-state index in [1.54, 1.807) is 60.7 Å². The topological polar surface area (TPSA) is 75.7 Å². The largest absolute Gasteiger partial charge is 0.484 e. The molecule has 0 aliphatic carbocycles. The molecule has 3 aromatic carbocycles. The van der Waals surface area contributed by atoms with Crippen molar-refractivity contribution in [2.45, 2.75) is 19.5 Å². The number of halogens is 2. The molecule has 0 radical (unpaired) electrons. The van der Waals surface area contributed by atoms with Gasteiger partial charge in [-0.2, -0.15) is 0 Å². The molecule has 3 rings (SSSR count). The number of hydrogen-bond donors (Lipinski definition) is 1. The number of rotatable bonds is 9. The highest BCUT2D eigenvalue weighted by Gasteiger charge is 2.18. The maximum atomic E-state index is 12.3. The molecule has 0 saturated carbocycles. The first kappa shape index (κ1) is 24.9. The van der Waals surface area contributed by atoms with Crippen LogP contribution in [-0.4, -0.2) is 27.2 Å². The lowest BCUT2D eigenvalue weighted by Gasteiger charge is -2.23. The summed E-state index contributed by atoms with van der Waals surface area (Å²) in [6, 6.07) is 20.6. The van der Waals surface area contributed by atoms with Crippen LogP contribution in [0.2, 0.25) is 10.0 Å². The Bertz CT molecular complexity index is 1180. The number of benzene rings is 3. The molecule has 0 saturated heterocycles. The normalized spacial score (nSPS) is 12.1. The van der Waals surface area contributed by atoms with E-state index >= 15 is 0 Å². The standard InChI is InChI=1S/C24H24Cl2N2O4S/c1-17(19-5-9-21(26)10-6-19)27-24(29)16-32-23-13-11-22(12-14-23)28(33(2,30)31)15-18-3-7-20(25)8-4-18/h3-14,17H,15-16H2,1-2H3,(H,27,29). The minimum atomic E-state index is -3.52. The molecule has 0 heterocycles. The molecule has 1 atom stereocenters.